The molecule has 0 amide bonds. The Hall–Kier alpha value is -3.59. The lowest BCUT2D eigenvalue weighted by molar-refractivity contribution is -0.137. The van der Waals surface area contributed by atoms with Gasteiger partial charge in [0.25, 0.3) is 5.56 Å². The number of nitrogens with zero attached hydrogens (tertiary/aromatic N) is 3. The van der Waals surface area contributed by atoms with E-state index >= 15 is 0 Å². The third kappa shape index (κ3) is 3.87. The fraction of sp³-hybridized carbons (Fsp3) is 0.136. The number of carbonyl (C=O) groups is 1. The molecule has 4 aromatic rings. The minimum absolute atomic E-state index is 0.247. The maximum Gasteiger partial charge on any atom is 0.323 e. The lowest BCUT2D eigenvalue weighted by atomic mass is 10.1. The van der Waals surface area contributed by atoms with Crippen LogP contribution in [0, 0.1) is 24.4 Å². The number of aromatic nitrogens is 3. The zero-order chi connectivity index (χ0) is 23.2. The van der Waals surface area contributed by atoms with Crippen molar-refractivity contribution in [3.8, 4) is 11.3 Å². The number of halogens is 4. The fourth-order valence-corrected chi connectivity index (χ4v) is 3.83. The highest BCUT2D eigenvalue weighted by atomic mass is 35.5. The molecule has 0 aliphatic rings. The van der Waals surface area contributed by atoms with Crippen molar-refractivity contribution in [2.24, 2.45) is 0 Å². The van der Waals surface area contributed by atoms with E-state index in [-0.39, 0.29) is 12.1 Å². The Labute approximate surface area is 184 Å². The second-order valence-electron chi connectivity index (χ2n) is 7.17. The topological polar surface area (TPSA) is 77.1 Å². The van der Waals surface area contributed by atoms with Gasteiger partial charge >= 0.3 is 5.97 Å². The van der Waals surface area contributed by atoms with Crippen LogP contribution in [0.2, 0.25) is 5.02 Å². The van der Waals surface area contributed by atoms with Gasteiger partial charge in [-0.3, -0.25) is 9.59 Å². The molecule has 1 N–H and O–H groups in total. The number of fused-ring (bicyclic) bond motifs is 1. The van der Waals surface area contributed by atoms with Crippen LogP contribution in [0.3, 0.4) is 0 Å². The first-order valence-electron chi connectivity index (χ1n) is 9.38. The Morgan fingerprint density at radius 3 is 2.50 bits per heavy atom. The standard InChI is InChI=1S/C22H15ClF3N3O3/c1-11-22(14-7-13(23)2-4-19(14)28(11)10-21(31)32)18-3-5-20(30)29(27-18)9-12-6-16(25)17(26)8-15(12)24/h2-8H,9-10H2,1H3,(H,31,32). The van der Waals surface area contributed by atoms with E-state index in [0.29, 0.717) is 45.0 Å². The predicted octanol–water partition coefficient (Wildman–Crippen LogP) is 4.38. The van der Waals surface area contributed by atoms with Crippen LogP contribution in [0.1, 0.15) is 11.3 Å². The zero-order valence-corrected chi connectivity index (χ0v) is 17.3. The summed E-state index contributed by atoms with van der Waals surface area (Å²) in [5.74, 6) is -4.63. The molecule has 10 heteroatoms. The van der Waals surface area contributed by atoms with Gasteiger partial charge in [0.15, 0.2) is 11.6 Å². The van der Waals surface area contributed by atoms with Crippen LogP contribution in [0.4, 0.5) is 13.2 Å². The highest BCUT2D eigenvalue weighted by Crippen LogP contribution is 2.35. The molecule has 2 aromatic heterocycles. The first-order chi connectivity index (χ1) is 15.2. The number of rotatable bonds is 5. The third-order valence-electron chi connectivity index (χ3n) is 5.11. The summed E-state index contributed by atoms with van der Waals surface area (Å²) in [4.78, 5) is 23.7. The molecule has 0 radical (unpaired) electrons. The van der Waals surface area contributed by atoms with E-state index < -0.39 is 35.5 Å². The van der Waals surface area contributed by atoms with E-state index in [1.54, 1.807) is 29.7 Å². The predicted molar refractivity (Wildman–Crippen MR) is 112 cm³/mol. The van der Waals surface area contributed by atoms with Crippen molar-refractivity contribution in [3.63, 3.8) is 0 Å². The van der Waals surface area contributed by atoms with Crippen molar-refractivity contribution in [2.75, 3.05) is 0 Å². The summed E-state index contributed by atoms with van der Waals surface area (Å²) in [7, 11) is 0. The largest absolute Gasteiger partial charge is 0.480 e. The monoisotopic (exact) mass is 461 g/mol. The molecule has 0 aliphatic heterocycles. The number of benzene rings is 2. The molecule has 0 fully saturated rings. The van der Waals surface area contributed by atoms with E-state index in [1.807, 2.05) is 0 Å². The molecule has 4 rings (SSSR count). The van der Waals surface area contributed by atoms with Gasteiger partial charge in [-0.1, -0.05) is 11.6 Å². The van der Waals surface area contributed by atoms with Crippen LogP contribution in [0.15, 0.2) is 47.3 Å². The molecule has 0 saturated carbocycles. The van der Waals surface area contributed by atoms with Crippen molar-refractivity contribution >= 4 is 28.5 Å². The zero-order valence-electron chi connectivity index (χ0n) is 16.6. The lowest BCUT2D eigenvalue weighted by Gasteiger charge is -2.09. The minimum Gasteiger partial charge on any atom is -0.480 e. The van der Waals surface area contributed by atoms with Gasteiger partial charge in [0.05, 0.1) is 12.2 Å². The van der Waals surface area contributed by atoms with E-state index in [1.165, 1.54) is 12.1 Å². The molecular weight excluding hydrogens is 447 g/mol. The normalized spacial score (nSPS) is 11.3. The molecule has 0 saturated heterocycles. The average molecular weight is 462 g/mol. The van der Waals surface area contributed by atoms with Crippen molar-refractivity contribution in [1.29, 1.82) is 0 Å². The van der Waals surface area contributed by atoms with Gasteiger partial charge in [0.2, 0.25) is 0 Å². The fourth-order valence-electron chi connectivity index (χ4n) is 3.66. The molecule has 164 valence electrons. The number of carboxylic acids is 1. The molecule has 32 heavy (non-hydrogen) atoms. The summed E-state index contributed by atoms with van der Waals surface area (Å²) >= 11 is 6.15. The van der Waals surface area contributed by atoms with Crippen LogP contribution < -0.4 is 5.56 Å². The lowest BCUT2D eigenvalue weighted by Crippen LogP contribution is -2.23. The molecule has 6 nitrogen and oxygen atoms in total. The van der Waals surface area contributed by atoms with Gasteiger partial charge in [0, 0.05) is 44.9 Å². The number of aliphatic carboxylic acids is 1. The summed E-state index contributed by atoms with van der Waals surface area (Å²) in [5, 5.41) is 14.6. The molecule has 2 aromatic carbocycles. The number of hydrogen-bond acceptors (Lipinski definition) is 3. The minimum atomic E-state index is -1.33. The van der Waals surface area contributed by atoms with Gasteiger partial charge in [0.1, 0.15) is 12.4 Å². The molecule has 0 spiro atoms. The van der Waals surface area contributed by atoms with Gasteiger partial charge in [-0.05, 0) is 37.3 Å². The average Bonchev–Trinajstić information content (AvgIpc) is 2.98. The van der Waals surface area contributed by atoms with E-state index in [0.717, 1.165) is 4.68 Å². The Morgan fingerprint density at radius 1 is 1.06 bits per heavy atom. The highest BCUT2D eigenvalue weighted by molar-refractivity contribution is 6.31. The molecule has 0 aliphatic carbocycles. The van der Waals surface area contributed by atoms with E-state index in [9.17, 15) is 27.9 Å². The van der Waals surface area contributed by atoms with E-state index in [2.05, 4.69) is 5.10 Å². The van der Waals surface area contributed by atoms with Crippen molar-refractivity contribution < 1.29 is 23.1 Å². The summed E-state index contributed by atoms with van der Waals surface area (Å²) in [6.07, 6.45) is 0. The first-order valence-corrected chi connectivity index (χ1v) is 9.75. The number of carboxylic acid groups (broad SMARTS) is 1. The summed E-state index contributed by atoms with van der Waals surface area (Å²) < 4.78 is 43.4. The molecule has 2 heterocycles. The van der Waals surface area contributed by atoms with Gasteiger partial charge in [-0.15, -0.1) is 0 Å². The van der Waals surface area contributed by atoms with Crippen LogP contribution in [-0.4, -0.2) is 25.4 Å². The second kappa shape index (κ2) is 8.16. The van der Waals surface area contributed by atoms with Crippen LogP contribution in [0.5, 0.6) is 0 Å². The first kappa shape index (κ1) is 21.6. The van der Waals surface area contributed by atoms with Crippen LogP contribution >= 0.6 is 11.6 Å². The molecule has 0 atom stereocenters. The maximum atomic E-state index is 14.1. The third-order valence-corrected chi connectivity index (χ3v) is 5.35. The highest BCUT2D eigenvalue weighted by Gasteiger charge is 2.20. The van der Waals surface area contributed by atoms with Crippen molar-refractivity contribution in [1.82, 2.24) is 14.3 Å². The van der Waals surface area contributed by atoms with Gasteiger partial charge in [-0.2, -0.15) is 5.10 Å². The Kier molecular flexibility index (Phi) is 5.52. The maximum absolute atomic E-state index is 14.1. The SMILES string of the molecule is Cc1c(-c2ccc(=O)n(Cc3cc(F)c(F)cc3F)n2)c2cc(Cl)ccc2n1CC(=O)O. The quantitative estimate of drug-likeness (QED) is 0.447. The van der Waals surface area contributed by atoms with Crippen molar-refractivity contribution in [3.05, 3.63) is 86.6 Å². The van der Waals surface area contributed by atoms with Gasteiger partial charge in [-0.25, -0.2) is 17.9 Å². The van der Waals surface area contributed by atoms with Crippen LogP contribution in [-0.2, 0) is 17.9 Å². The summed E-state index contributed by atoms with van der Waals surface area (Å²) in [6.45, 7) is 0.977. The van der Waals surface area contributed by atoms with Crippen molar-refractivity contribution in [2.45, 2.75) is 20.0 Å². The Morgan fingerprint density at radius 2 is 1.78 bits per heavy atom. The smallest absolute Gasteiger partial charge is 0.323 e. The molecular formula is C22H15ClF3N3O3. The summed E-state index contributed by atoms with van der Waals surface area (Å²) in [5.41, 5.74) is 1.20. The van der Waals surface area contributed by atoms with E-state index in [4.69, 9.17) is 11.6 Å². The Balaban J connectivity index is 1.88. The number of hydrogen-bond donors (Lipinski definition) is 1. The molecule has 0 unspecified atom stereocenters. The summed E-state index contributed by atoms with van der Waals surface area (Å²) in [6, 6.07) is 8.72. The van der Waals surface area contributed by atoms with Crippen LogP contribution in [0.25, 0.3) is 22.2 Å². The van der Waals surface area contributed by atoms with Gasteiger partial charge < -0.3 is 9.67 Å². The Bertz CT molecular complexity index is 1450. The molecule has 0 bridgehead atoms. The second-order valence-corrected chi connectivity index (χ2v) is 7.61.